The minimum absolute atomic E-state index is 0.329. The number of nitrogens with one attached hydrogen (secondary N) is 1. The Labute approximate surface area is 115 Å². The quantitative estimate of drug-likeness (QED) is 0.738. The molecule has 3 N–H and O–H groups in total. The van der Waals surface area contributed by atoms with Gasteiger partial charge in [0.05, 0.1) is 5.69 Å². The van der Waals surface area contributed by atoms with Crippen LogP contribution in [0.1, 0.15) is 26.5 Å². The first kappa shape index (κ1) is 14.9. The van der Waals surface area contributed by atoms with Gasteiger partial charge in [-0.15, -0.1) is 0 Å². The van der Waals surface area contributed by atoms with Crippen molar-refractivity contribution >= 4 is 23.0 Å². The third-order valence-corrected chi connectivity index (χ3v) is 3.03. The van der Waals surface area contributed by atoms with Crippen LogP contribution in [-0.2, 0) is 0 Å². The Morgan fingerprint density at radius 3 is 2.67 bits per heavy atom. The maximum Gasteiger partial charge on any atom is 0.126 e. The number of nitrogens with two attached hydrogens (primary N) is 1. The maximum absolute atomic E-state index is 5.57. The molecule has 1 unspecified atom stereocenters. The van der Waals surface area contributed by atoms with E-state index in [1.807, 2.05) is 18.2 Å². The molecule has 0 spiro atoms. The fourth-order valence-electron chi connectivity index (χ4n) is 1.82. The molecule has 1 aromatic heterocycles. The van der Waals surface area contributed by atoms with Crippen molar-refractivity contribution in [3.63, 3.8) is 0 Å². The van der Waals surface area contributed by atoms with E-state index in [0.717, 1.165) is 25.5 Å². The van der Waals surface area contributed by atoms with Crippen molar-refractivity contribution in [3.05, 3.63) is 23.9 Å². The van der Waals surface area contributed by atoms with Crippen LogP contribution in [0, 0.1) is 0 Å². The number of rotatable bonds is 7. The zero-order valence-electron chi connectivity index (χ0n) is 11.3. The lowest BCUT2D eigenvalue weighted by atomic mass is 10.3. The van der Waals surface area contributed by atoms with E-state index in [0.29, 0.717) is 16.7 Å². The van der Waals surface area contributed by atoms with Crippen LogP contribution in [0.4, 0.5) is 5.82 Å². The van der Waals surface area contributed by atoms with Crippen molar-refractivity contribution < 1.29 is 0 Å². The number of nitrogens with zero attached hydrogens (tertiary/aromatic N) is 2. The molecule has 4 nitrogen and oxygen atoms in total. The average Bonchev–Trinajstić information content (AvgIpc) is 2.36. The van der Waals surface area contributed by atoms with Gasteiger partial charge in [0.2, 0.25) is 0 Å². The molecular weight excluding hydrogens is 244 g/mol. The standard InChI is InChI=1S/C13H22N4S/c1-4-17(5-2)9-10(3)15-12-8-6-7-11(16-12)13(14)18/h6-8,10H,4-5,9H2,1-3H3,(H2,14,18)(H,15,16). The highest BCUT2D eigenvalue weighted by atomic mass is 32.1. The number of hydrogen-bond donors (Lipinski definition) is 2. The zero-order valence-corrected chi connectivity index (χ0v) is 12.1. The molecule has 0 aromatic carbocycles. The lowest BCUT2D eigenvalue weighted by Crippen LogP contribution is -2.35. The third kappa shape index (κ3) is 4.58. The molecule has 1 atom stereocenters. The van der Waals surface area contributed by atoms with E-state index in [1.54, 1.807) is 0 Å². The second-order valence-corrected chi connectivity index (χ2v) is 4.74. The first-order chi connectivity index (χ1) is 8.56. The maximum atomic E-state index is 5.57. The highest BCUT2D eigenvalue weighted by Gasteiger charge is 2.08. The molecule has 0 aliphatic carbocycles. The molecule has 0 bridgehead atoms. The van der Waals surface area contributed by atoms with Crippen molar-refractivity contribution in [1.82, 2.24) is 9.88 Å². The molecule has 1 aromatic rings. The van der Waals surface area contributed by atoms with E-state index in [-0.39, 0.29) is 0 Å². The monoisotopic (exact) mass is 266 g/mol. The van der Waals surface area contributed by atoms with Gasteiger partial charge < -0.3 is 16.0 Å². The molecule has 0 fully saturated rings. The topological polar surface area (TPSA) is 54.2 Å². The highest BCUT2D eigenvalue weighted by Crippen LogP contribution is 2.07. The van der Waals surface area contributed by atoms with E-state index in [4.69, 9.17) is 18.0 Å². The summed E-state index contributed by atoms with van der Waals surface area (Å²) >= 11 is 4.92. The van der Waals surface area contributed by atoms with Crippen LogP contribution in [0.3, 0.4) is 0 Å². The van der Waals surface area contributed by atoms with Gasteiger partial charge in [0, 0.05) is 12.6 Å². The Morgan fingerprint density at radius 2 is 2.11 bits per heavy atom. The molecule has 0 amide bonds. The van der Waals surface area contributed by atoms with Crippen molar-refractivity contribution in [3.8, 4) is 0 Å². The first-order valence-electron chi connectivity index (χ1n) is 6.32. The van der Waals surface area contributed by atoms with Crippen molar-refractivity contribution in [2.75, 3.05) is 25.0 Å². The Bertz CT molecular complexity index is 390. The Balaban J connectivity index is 2.61. The first-order valence-corrected chi connectivity index (χ1v) is 6.73. The van der Waals surface area contributed by atoms with Crippen molar-refractivity contribution in [1.29, 1.82) is 0 Å². The Kier molecular flexibility index (Phi) is 6.01. The Morgan fingerprint density at radius 1 is 1.44 bits per heavy atom. The summed E-state index contributed by atoms with van der Waals surface area (Å²) in [6, 6.07) is 6.00. The van der Waals surface area contributed by atoms with E-state index in [1.165, 1.54) is 0 Å². The second-order valence-electron chi connectivity index (χ2n) is 4.30. The van der Waals surface area contributed by atoms with Gasteiger partial charge in [-0.2, -0.15) is 0 Å². The summed E-state index contributed by atoms with van der Waals surface area (Å²) < 4.78 is 0. The van der Waals surface area contributed by atoms with Crippen LogP contribution in [0.25, 0.3) is 0 Å². The fraction of sp³-hybridized carbons (Fsp3) is 0.538. The number of anilines is 1. The molecule has 1 rings (SSSR count). The van der Waals surface area contributed by atoms with Gasteiger partial charge in [0.25, 0.3) is 0 Å². The normalized spacial score (nSPS) is 12.4. The Hall–Kier alpha value is -1.20. The van der Waals surface area contributed by atoms with Crippen LogP contribution >= 0.6 is 12.2 Å². The highest BCUT2D eigenvalue weighted by molar-refractivity contribution is 7.80. The van der Waals surface area contributed by atoms with Gasteiger partial charge in [-0.25, -0.2) is 4.98 Å². The SMILES string of the molecule is CCN(CC)CC(C)Nc1cccc(C(N)=S)n1. The van der Waals surface area contributed by atoms with Gasteiger partial charge in [-0.05, 0) is 32.1 Å². The minimum atomic E-state index is 0.329. The van der Waals surface area contributed by atoms with Gasteiger partial charge in [-0.3, -0.25) is 0 Å². The molecule has 18 heavy (non-hydrogen) atoms. The predicted molar refractivity (Wildman–Crippen MR) is 81.0 cm³/mol. The number of aromatic nitrogens is 1. The molecule has 1 heterocycles. The molecule has 0 aliphatic rings. The lowest BCUT2D eigenvalue weighted by Gasteiger charge is -2.23. The van der Waals surface area contributed by atoms with E-state index in [2.05, 4.69) is 36.0 Å². The average molecular weight is 266 g/mol. The van der Waals surface area contributed by atoms with Gasteiger partial charge in [-0.1, -0.05) is 32.1 Å². The zero-order chi connectivity index (χ0) is 13.5. The molecular formula is C13H22N4S. The fourth-order valence-corrected chi connectivity index (χ4v) is 1.93. The number of thiocarbonyl (C=S) groups is 1. The van der Waals surface area contributed by atoms with Crippen LogP contribution in [0.5, 0.6) is 0 Å². The molecule has 0 radical (unpaired) electrons. The predicted octanol–water partition coefficient (Wildman–Crippen LogP) is 1.86. The van der Waals surface area contributed by atoms with Gasteiger partial charge in [0.15, 0.2) is 0 Å². The summed E-state index contributed by atoms with van der Waals surface area (Å²) in [4.78, 5) is 7.07. The molecule has 0 aliphatic heterocycles. The van der Waals surface area contributed by atoms with E-state index < -0.39 is 0 Å². The van der Waals surface area contributed by atoms with Crippen LogP contribution in [0.15, 0.2) is 18.2 Å². The third-order valence-electron chi connectivity index (χ3n) is 2.82. The summed E-state index contributed by atoms with van der Waals surface area (Å²) in [6.07, 6.45) is 0. The van der Waals surface area contributed by atoms with Crippen molar-refractivity contribution in [2.45, 2.75) is 26.8 Å². The van der Waals surface area contributed by atoms with Crippen LogP contribution in [0.2, 0.25) is 0 Å². The minimum Gasteiger partial charge on any atom is -0.388 e. The van der Waals surface area contributed by atoms with E-state index in [9.17, 15) is 0 Å². The summed E-state index contributed by atoms with van der Waals surface area (Å²) in [7, 11) is 0. The number of hydrogen-bond acceptors (Lipinski definition) is 4. The number of pyridine rings is 1. The van der Waals surface area contributed by atoms with Gasteiger partial charge in [0.1, 0.15) is 10.8 Å². The number of likely N-dealkylation sites (N-methyl/N-ethyl adjacent to an activating group) is 1. The summed E-state index contributed by atoms with van der Waals surface area (Å²) in [5.41, 5.74) is 6.23. The van der Waals surface area contributed by atoms with Crippen LogP contribution < -0.4 is 11.1 Å². The summed E-state index contributed by atoms with van der Waals surface area (Å²) in [5.74, 6) is 0.819. The molecule has 5 heteroatoms. The molecule has 100 valence electrons. The van der Waals surface area contributed by atoms with E-state index >= 15 is 0 Å². The summed E-state index contributed by atoms with van der Waals surface area (Å²) in [6.45, 7) is 9.59. The smallest absolute Gasteiger partial charge is 0.126 e. The molecule has 0 saturated heterocycles. The second kappa shape index (κ2) is 7.28. The molecule has 0 saturated carbocycles. The van der Waals surface area contributed by atoms with Crippen LogP contribution in [-0.4, -0.2) is 40.5 Å². The summed E-state index contributed by atoms with van der Waals surface area (Å²) in [5, 5.41) is 3.37. The lowest BCUT2D eigenvalue weighted by molar-refractivity contribution is 0.294. The largest absolute Gasteiger partial charge is 0.388 e. The van der Waals surface area contributed by atoms with Crippen molar-refractivity contribution in [2.24, 2.45) is 5.73 Å². The van der Waals surface area contributed by atoms with Gasteiger partial charge >= 0.3 is 0 Å².